The summed E-state index contributed by atoms with van der Waals surface area (Å²) < 4.78 is 18.4. The van der Waals surface area contributed by atoms with Crippen molar-refractivity contribution in [3.8, 4) is 68.0 Å². The van der Waals surface area contributed by atoms with Gasteiger partial charge in [-0.3, -0.25) is 4.98 Å². The lowest BCUT2D eigenvalue weighted by atomic mass is 10.0. The van der Waals surface area contributed by atoms with Crippen molar-refractivity contribution in [3.05, 3.63) is 370 Å². The second-order valence-corrected chi connectivity index (χ2v) is 30.4. The number of hydrogen-bond donors (Lipinski definition) is 0. The highest BCUT2D eigenvalue weighted by atomic mass is 32.1. The van der Waals surface area contributed by atoms with Gasteiger partial charge in [0.25, 0.3) is 0 Å². The van der Waals surface area contributed by atoms with Gasteiger partial charge in [0.15, 0.2) is 17.2 Å². The van der Waals surface area contributed by atoms with Crippen molar-refractivity contribution in [1.82, 2.24) is 43.2 Å². The van der Waals surface area contributed by atoms with Crippen molar-refractivity contribution in [2.75, 3.05) is 0 Å². The number of aromatic nitrogens is 9. The standard InChI is InChI=1S/C53H31N5S.C50H30N4O/c1-2-16-34(17-3-1)57-43-24-10-7-19-36(43)48-39(21-12-25-45(48)57)51-52-50(38-20-8-11-26-47(38)59-52)55-53(56-51)40-27-28-44(37-22-13-29-54-49(37)40)58-42-23-9-6-18-35(42)41-30-32-14-4-5-15-33(32)31-46(41)58;1-2-15-34(16-3-1)53-42-22-10-7-18-37(42)46-39(20-12-23-43(46)53)48-49-47(38-19-8-11-24-45(38)55-49)51-50(52-48)31-25-27-35(28-26-31)54-41-21-9-6-17-36(41)40-29-32-13-4-5-14-33(32)30-44(40)54/h1-31H;1-30H. The second kappa shape index (κ2) is 25.2. The highest BCUT2D eigenvalue weighted by Gasteiger charge is 2.27. The first kappa shape index (κ1) is 63.7. The van der Waals surface area contributed by atoms with Crippen LogP contribution in [0.4, 0.5) is 0 Å². The van der Waals surface area contributed by atoms with E-state index in [1.165, 1.54) is 69.6 Å². The first-order valence-corrected chi connectivity index (χ1v) is 39.3. The lowest BCUT2D eigenvalue weighted by Crippen LogP contribution is -1.99. The number of hydrogen-bond acceptors (Lipinski definition) is 7. The van der Waals surface area contributed by atoms with Gasteiger partial charge in [-0.2, -0.15) is 0 Å². The van der Waals surface area contributed by atoms with Crippen LogP contribution >= 0.6 is 11.3 Å². The van der Waals surface area contributed by atoms with E-state index in [4.69, 9.17) is 29.3 Å². The van der Waals surface area contributed by atoms with Gasteiger partial charge >= 0.3 is 0 Å². The van der Waals surface area contributed by atoms with Gasteiger partial charge in [-0.15, -0.1) is 11.3 Å². The summed E-state index contributed by atoms with van der Waals surface area (Å²) in [5.41, 5.74) is 23.3. The summed E-state index contributed by atoms with van der Waals surface area (Å²) in [6, 6.07) is 129. The van der Waals surface area contributed by atoms with Crippen LogP contribution in [-0.2, 0) is 0 Å². The highest BCUT2D eigenvalue weighted by molar-refractivity contribution is 7.26. The second-order valence-electron chi connectivity index (χ2n) is 29.3. The van der Waals surface area contributed by atoms with Gasteiger partial charge in [-0.05, 0) is 173 Å². The average molecular weight is 1470 g/mol. The Hall–Kier alpha value is -15.2. The third-order valence-corrected chi connectivity index (χ3v) is 24.2. The van der Waals surface area contributed by atoms with Crippen molar-refractivity contribution < 1.29 is 4.42 Å². The molecule has 0 saturated carbocycles. The number of thiophene rings is 1. The van der Waals surface area contributed by atoms with Crippen LogP contribution in [0.1, 0.15) is 0 Å². The Morgan fingerprint density at radius 2 is 0.719 bits per heavy atom. The van der Waals surface area contributed by atoms with Crippen molar-refractivity contribution in [2.24, 2.45) is 0 Å². The Morgan fingerprint density at radius 3 is 1.34 bits per heavy atom. The minimum atomic E-state index is 0.651. The first-order chi connectivity index (χ1) is 56.6. The van der Waals surface area contributed by atoms with Crippen LogP contribution in [0.15, 0.2) is 375 Å². The van der Waals surface area contributed by atoms with Crippen molar-refractivity contribution in [1.29, 1.82) is 0 Å². The van der Waals surface area contributed by atoms with Crippen LogP contribution in [0.25, 0.3) is 230 Å². The third kappa shape index (κ3) is 9.70. The monoisotopic (exact) mass is 1470 g/mol. The molecule has 0 bridgehead atoms. The quantitative estimate of drug-likeness (QED) is 0.150. The Kier molecular flexibility index (Phi) is 14.1. The lowest BCUT2D eigenvalue weighted by molar-refractivity contribution is 0.667. The molecule has 9 aromatic heterocycles. The molecule has 114 heavy (non-hydrogen) atoms. The summed E-state index contributed by atoms with van der Waals surface area (Å²) in [7, 11) is 0. The topological polar surface area (TPSA) is 97.3 Å². The Bertz CT molecular complexity index is 8310. The molecule has 0 N–H and O–H groups in total. The molecule has 0 saturated heterocycles. The van der Waals surface area contributed by atoms with Crippen LogP contribution in [0.2, 0.25) is 0 Å². The Labute approximate surface area is 654 Å². The number of benzene rings is 16. The number of fused-ring (bicyclic) bond motifs is 21. The molecule has 0 aliphatic carbocycles. The summed E-state index contributed by atoms with van der Waals surface area (Å²) in [4.78, 5) is 26.7. The molecule has 0 unspecified atom stereocenters. The van der Waals surface area contributed by atoms with Gasteiger partial charge in [0.05, 0.1) is 71.2 Å². The molecule has 0 aliphatic heterocycles. The van der Waals surface area contributed by atoms with Crippen molar-refractivity contribution >= 4 is 173 Å². The summed E-state index contributed by atoms with van der Waals surface area (Å²) in [6.45, 7) is 0. The van der Waals surface area contributed by atoms with Crippen LogP contribution in [0.5, 0.6) is 0 Å². The fourth-order valence-electron chi connectivity index (χ4n) is 18.1. The molecule has 0 radical (unpaired) electrons. The molecule has 0 atom stereocenters. The van der Waals surface area contributed by atoms with Crippen molar-refractivity contribution in [2.45, 2.75) is 0 Å². The van der Waals surface area contributed by atoms with E-state index in [2.05, 4.69) is 358 Å². The molecule has 10 nitrogen and oxygen atoms in total. The maximum absolute atomic E-state index is 6.63. The van der Waals surface area contributed by atoms with Gasteiger partial charge in [0.2, 0.25) is 0 Å². The van der Waals surface area contributed by atoms with Gasteiger partial charge in [0.1, 0.15) is 16.8 Å². The predicted octanol–water partition coefficient (Wildman–Crippen LogP) is 27.1. The number of para-hydroxylation sites is 7. The maximum atomic E-state index is 6.63. The number of nitrogens with zero attached hydrogens (tertiary/aromatic N) is 9. The van der Waals surface area contributed by atoms with Crippen LogP contribution in [0, 0.1) is 0 Å². The third-order valence-electron chi connectivity index (χ3n) is 23.1. The van der Waals surface area contributed by atoms with E-state index in [9.17, 15) is 0 Å². The van der Waals surface area contributed by atoms with E-state index in [0.717, 1.165) is 143 Å². The normalized spacial score (nSPS) is 12.0. The van der Waals surface area contributed by atoms with Gasteiger partial charge in [0, 0.05) is 109 Å². The maximum Gasteiger partial charge on any atom is 0.180 e. The molecule has 25 aromatic rings. The first-order valence-electron chi connectivity index (χ1n) is 38.4. The van der Waals surface area contributed by atoms with Gasteiger partial charge in [-0.25, -0.2) is 19.9 Å². The average Bonchev–Trinajstić information content (AvgIpc) is 1.55. The molecule has 11 heteroatoms. The summed E-state index contributed by atoms with van der Waals surface area (Å²) in [6.07, 6.45) is 1.88. The number of rotatable bonds is 8. The molecule has 9 heterocycles. The SMILES string of the molecule is c1ccc(-n2c3ccccc3c3c(-c4nc(-c5ccc(-n6c7ccccc7c7cc8ccccc8cc76)c6cccnc56)nc5c4sc4ccccc45)cccc32)cc1.c1ccc(-n2c3ccccc3c3c(-c4nc(-c5ccc(-n6c7ccccc7c7cc8ccccc8cc76)cc5)nc5c4oc4ccccc45)cccc32)cc1. The molecule has 0 fully saturated rings. The smallest absolute Gasteiger partial charge is 0.180 e. The molecular weight excluding hydrogens is 1410 g/mol. The van der Waals surface area contributed by atoms with E-state index in [0.29, 0.717) is 17.2 Å². The molecule has 16 aromatic carbocycles. The van der Waals surface area contributed by atoms with Crippen LogP contribution < -0.4 is 0 Å². The molecular formula is C103H61N9OS. The Balaban J connectivity index is 0.000000132. The fourth-order valence-corrected chi connectivity index (χ4v) is 19.2. The Morgan fingerprint density at radius 1 is 0.263 bits per heavy atom. The minimum absolute atomic E-state index is 0.651. The van der Waals surface area contributed by atoms with E-state index < -0.39 is 0 Å². The fraction of sp³-hybridized carbons (Fsp3) is 0. The highest BCUT2D eigenvalue weighted by Crippen LogP contribution is 2.48. The zero-order valence-electron chi connectivity index (χ0n) is 61.1. The molecule has 25 rings (SSSR count). The summed E-state index contributed by atoms with van der Waals surface area (Å²) in [5, 5.41) is 17.6. The largest absolute Gasteiger partial charge is 0.452 e. The van der Waals surface area contributed by atoms with E-state index in [-0.39, 0.29) is 0 Å². The van der Waals surface area contributed by atoms with E-state index in [1.807, 2.05) is 30.5 Å². The molecule has 0 aliphatic rings. The van der Waals surface area contributed by atoms with E-state index >= 15 is 0 Å². The number of pyridine rings is 1. The summed E-state index contributed by atoms with van der Waals surface area (Å²) in [5.74, 6) is 1.31. The van der Waals surface area contributed by atoms with Crippen LogP contribution in [0.3, 0.4) is 0 Å². The van der Waals surface area contributed by atoms with E-state index in [1.54, 1.807) is 11.3 Å². The summed E-state index contributed by atoms with van der Waals surface area (Å²) >= 11 is 1.76. The van der Waals surface area contributed by atoms with Gasteiger partial charge < -0.3 is 22.7 Å². The zero-order valence-corrected chi connectivity index (χ0v) is 61.9. The zero-order chi connectivity index (χ0) is 74.6. The lowest BCUT2D eigenvalue weighted by Gasteiger charge is -2.15. The predicted molar refractivity (Wildman–Crippen MR) is 474 cm³/mol. The van der Waals surface area contributed by atoms with Crippen molar-refractivity contribution in [3.63, 3.8) is 0 Å². The molecule has 0 spiro atoms. The minimum Gasteiger partial charge on any atom is -0.452 e. The molecule has 530 valence electrons. The van der Waals surface area contributed by atoms with Crippen LogP contribution in [-0.4, -0.2) is 43.2 Å². The number of furan rings is 1. The van der Waals surface area contributed by atoms with Gasteiger partial charge in [-0.1, -0.05) is 212 Å². The molecule has 0 amide bonds.